The highest BCUT2D eigenvalue weighted by molar-refractivity contribution is 5.67. The minimum Gasteiger partial charge on any atom is -0.481 e. The molecule has 1 saturated heterocycles. The molecule has 1 aliphatic carbocycles. The van der Waals surface area contributed by atoms with Crippen molar-refractivity contribution in [2.75, 3.05) is 13.1 Å². The second kappa shape index (κ2) is 4.94. The van der Waals surface area contributed by atoms with Gasteiger partial charge in [0.05, 0.1) is 6.42 Å². The van der Waals surface area contributed by atoms with Crippen LogP contribution in [0.3, 0.4) is 0 Å². The van der Waals surface area contributed by atoms with Crippen LogP contribution in [0.15, 0.2) is 0 Å². The van der Waals surface area contributed by atoms with Crippen LogP contribution in [0.4, 0.5) is 0 Å². The smallest absolute Gasteiger partial charge is 0.304 e. The fraction of sp³-hybridized carbons (Fsp3) is 0.923. The Hall–Kier alpha value is -0.610. The van der Waals surface area contributed by atoms with E-state index in [4.69, 9.17) is 5.11 Å². The molecule has 0 radical (unpaired) electrons. The Morgan fingerprint density at radius 3 is 2.65 bits per heavy atom. The third-order valence-corrected chi connectivity index (χ3v) is 4.07. The molecule has 0 aromatic carbocycles. The van der Waals surface area contributed by atoms with Gasteiger partial charge in [0.1, 0.15) is 0 Å². The largest absolute Gasteiger partial charge is 0.481 e. The Bertz CT molecular complexity index is 285. The summed E-state index contributed by atoms with van der Waals surface area (Å²) in [5, 5.41) is 12.5. The zero-order valence-electron chi connectivity index (χ0n) is 10.9. The van der Waals surface area contributed by atoms with E-state index in [2.05, 4.69) is 24.1 Å². The molecule has 2 rings (SSSR count). The van der Waals surface area contributed by atoms with Crippen LogP contribution in [-0.2, 0) is 4.79 Å². The lowest BCUT2D eigenvalue weighted by Gasteiger charge is -2.47. The van der Waals surface area contributed by atoms with Crippen LogP contribution in [0.25, 0.3) is 0 Å². The molecule has 1 aliphatic heterocycles. The molecule has 98 valence electrons. The van der Waals surface area contributed by atoms with Gasteiger partial charge in [0.25, 0.3) is 0 Å². The van der Waals surface area contributed by atoms with Crippen LogP contribution in [0.1, 0.15) is 46.0 Å². The second-order valence-electron chi connectivity index (χ2n) is 6.13. The quantitative estimate of drug-likeness (QED) is 0.784. The second-order valence-corrected chi connectivity index (χ2v) is 6.13. The van der Waals surface area contributed by atoms with Gasteiger partial charge in [-0.2, -0.15) is 0 Å². The maximum atomic E-state index is 10.9. The van der Waals surface area contributed by atoms with Crippen LogP contribution in [0.2, 0.25) is 0 Å². The van der Waals surface area contributed by atoms with Gasteiger partial charge in [-0.15, -0.1) is 0 Å². The van der Waals surface area contributed by atoms with Crippen molar-refractivity contribution in [3.63, 3.8) is 0 Å². The molecule has 0 bridgehead atoms. The molecule has 2 N–H and O–H groups in total. The summed E-state index contributed by atoms with van der Waals surface area (Å²) >= 11 is 0. The Balaban J connectivity index is 2.05. The Kier molecular flexibility index (Phi) is 3.73. The summed E-state index contributed by atoms with van der Waals surface area (Å²) in [5.41, 5.74) is 0.109. The van der Waals surface area contributed by atoms with Crippen molar-refractivity contribution in [3.05, 3.63) is 0 Å². The monoisotopic (exact) mass is 240 g/mol. The summed E-state index contributed by atoms with van der Waals surface area (Å²) in [4.78, 5) is 13.4. The third kappa shape index (κ3) is 3.19. The third-order valence-electron chi connectivity index (χ3n) is 4.07. The number of rotatable bonds is 3. The molecule has 2 aliphatic rings. The zero-order valence-corrected chi connectivity index (χ0v) is 10.9. The minimum absolute atomic E-state index is 0.109. The molecule has 17 heavy (non-hydrogen) atoms. The SMILES string of the molecule is CC1(C)CN(C2CCCC2)C(CC(=O)O)CN1. The van der Waals surface area contributed by atoms with Crippen molar-refractivity contribution >= 4 is 5.97 Å². The van der Waals surface area contributed by atoms with Crippen LogP contribution in [-0.4, -0.2) is 46.7 Å². The highest BCUT2D eigenvalue weighted by atomic mass is 16.4. The summed E-state index contributed by atoms with van der Waals surface area (Å²) in [6, 6.07) is 0.782. The predicted octanol–water partition coefficient (Wildman–Crippen LogP) is 1.46. The van der Waals surface area contributed by atoms with Gasteiger partial charge in [0, 0.05) is 30.7 Å². The van der Waals surface area contributed by atoms with Gasteiger partial charge >= 0.3 is 5.97 Å². The number of aliphatic carboxylic acids is 1. The van der Waals surface area contributed by atoms with Crippen LogP contribution in [0, 0.1) is 0 Å². The van der Waals surface area contributed by atoms with Gasteiger partial charge in [0.2, 0.25) is 0 Å². The summed E-state index contributed by atoms with van der Waals surface area (Å²) in [6.45, 7) is 6.17. The van der Waals surface area contributed by atoms with E-state index >= 15 is 0 Å². The average molecular weight is 240 g/mol. The van der Waals surface area contributed by atoms with Crippen LogP contribution < -0.4 is 5.32 Å². The van der Waals surface area contributed by atoms with E-state index < -0.39 is 5.97 Å². The van der Waals surface area contributed by atoms with Crippen molar-refractivity contribution in [3.8, 4) is 0 Å². The summed E-state index contributed by atoms with van der Waals surface area (Å²) in [5.74, 6) is -0.681. The van der Waals surface area contributed by atoms with Gasteiger partial charge in [-0.1, -0.05) is 12.8 Å². The first-order valence-corrected chi connectivity index (χ1v) is 6.70. The van der Waals surface area contributed by atoms with Crippen LogP contribution >= 0.6 is 0 Å². The predicted molar refractivity (Wildman–Crippen MR) is 67.1 cm³/mol. The van der Waals surface area contributed by atoms with E-state index in [1.807, 2.05) is 0 Å². The standard InChI is InChI=1S/C13H24N2O2/c1-13(2)9-15(10-5-3-4-6-10)11(8-14-13)7-12(16)17/h10-11,14H,3-9H2,1-2H3,(H,16,17). The van der Waals surface area contributed by atoms with E-state index in [-0.39, 0.29) is 18.0 Å². The fourth-order valence-corrected chi connectivity index (χ4v) is 3.21. The number of carboxylic acid groups (broad SMARTS) is 1. The average Bonchev–Trinajstić information content (AvgIpc) is 2.73. The van der Waals surface area contributed by atoms with Crippen molar-refractivity contribution < 1.29 is 9.90 Å². The van der Waals surface area contributed by atoms with Crippen molar-refractivity contribution in [2.45, 2.75) is 63.6 Å². The van der Waals surface area contributed by atoms with Crippen molar-refractivity contribution in [1.29, 1.82) is 0 Å². The number of piperazine rings is 1. The van der Waals surface area contributed by atoms with Gasteiger partial charge in [0.15, 0.2) is 0 Å². The van der Waals surface area contributed by atoms with Crippen molar-refractivity contribution in [1.82, 2.24) is 10.2 Å². The molecule has 1 unspecified atom stereocenters. The lowest BCUT2D eigenvalue weighted by molar-refractivity contribution is -0.139. The molecule has 2 fully saturated rings. The number of nitrogens with one attached hydrogen (secondary N) is 1. The van der Waals surface area contributed by atoms with Crippen LogP contribution in [0.5, 0.6) is 0 Å². The molecule has 0 aromatic rings. The highest BCUT2D eigenvalue weighted by Crippen LogP contribution is 2.29. The number of hydrogen-bond donors (Lipinski definition) is 2. The molecule has 0 spiro atoms. The molecule has 1 saturated carbocycles. The first-order chi connectivity index (χ1) is 7.98. The highest BCUT2D eigenvalue weighted by Gasteiger charge is 2.37. The van der Waals surface area contributed by atoms with E-state index in [9.17, 15) is 4.79 Å². The molecule has 0 aromatic heterocycles. The first kappa shape index (κ1) is 12.8. The molecule has 4 heteroatoms. The Morgan fingerprint density at radius 2 is 2.06 bits per heavy atom. The van der Waals surface area contributed by atoms with E-state index in [1.165, 1.54) is 25.7 Å². The minimum atomic E-state index is -0.681. The number of carbonyl (C=O) groups is 1. The Morgan fingerprint density at radius 1 is 1.41 bits per heavy atom. The molecule has 1 atom stereocenters. The summed E-state index contributed by atoms with van der Waals surface area (Å²) < 4.78 is 0. The van der Waals surface area contributed by atoms with Gasteiger partial charge in [-0.25, -0.2) is 0 Å². The normalized spacial score (nSPS) is 30.6. The fourth-order valence-electron chi connectivity index (χ4n) is 3.21. The maximum absolute atomic E-state index is 10.9. The number of carboxylic acids is 1. The first-order valence-electron chi connectivity index (χ1n) is 6.70. The topological polar surface area (TPSA) is 52.6 Å². The molecule has 4 nitrogen and oxygen atoms in total. The van der Waals surface area contributed by atoms with E-state index in [0.717, 1.165) is 13.1 Å². The molecule has 1 heterocycles. The van der Waals surface area contributed by atoms with Gasteiger partial charge in [-0.3, -0.25) is 9.69 Å². The Labute approximate surface area is 103 Å². The lowest BCUT2D eigenvalue weighted by Crippen LogP contribution is -2.63. The van der Waals surface area contributed by atoms with E-state index in [1.54, 1.807) is 0 Å². The molecule has 0 amide bonds. The van der Waals surface area contributed by atoms with Crippen molar-refractivity contribution in [2.24, 2.45) is 0 Å². The number of nitrogens with zero attached hydrogens (tertiary/aromatic N) is 1. The lowest BCUT2D eigenvalue weighted by atomic mass is 9.95. The van der Waals surface area contributed by atoms with E-state index in [0.29, 0.717) is 6.04 Å². The number of hydrogen-bond acceptors (Lipinski definition) is 3. The molecular weight excluding hydrogens is 216 g/mol. The maximum Gasteiger partial charge on any atom is 0.304 e. The van der Waals surface area contributed by atoms with Gasteiger partial charge < -0.3 is 10.4 Å². The summed E-state index contributed by atoms with van der Waals surface area (Å²) in [6.07, 6.45) is 5.35. The van der Waals surface area contributed by atoms with Gasteiger partial charge in [-0.05, 0) is 26.7 Å². The molecular formula is C13H24N2O2. The summed E-state index contributed by atoms with van der Waals surface area (Å²) in [7, 11) is 0. The zero-order chi connectivity index (χ0) is 12.5.